The zero-order chi connectivity index (χ0) is 20.3. The molecule has 0 N–H and O–H groups in total. The van der Waals surface area contributed by atoms with Crippen LogP contribution in [0.3, 0.4) is 0 Å². The Morgan fingerprint density at radius 3 is 2.39 bits per heavy atom. The Hall–Kier alpha value is -2.24. The van der Waals surface area contributed by atoms with Crippen molar-refractivity contribution in [1.29, 1.82) is 0 Å². The fraction of sp³-hybridized carbons (Fsp3) is 0.391. The lowest BCUT2D eigenvalue weighted by atomic mass is 10.0. The van der Waals surface area contributed by atoms with Crippen LogP contribution in [0.5, 0.6) is 0 Å². The Balaban J connectivity index is 1.93. The van der Waals surface area contributed by atoms with E-state index < -0.39 is 0 Å². The van der Waals surface area contributed by atoms with Gasteiger partial charge in [0.05, 0.1) is 5.69 Å². The van der Waals surface area contributed by atoms with E-state index in [4.69, 9.17) is 4.98 Å². The molecule has 0 saturated carbocycles. The van der Waals surface area contributed by atoms with Crippen LogP contribution >= 0.6 is 11.3 Å². The van der Waals surface area contributed by atoms with Crippen molar-refractivity contribution in [2.45, 2.75) is 27.7 Å². The minimum Gasteiger partial charge on any atom is -0.337 e. The molecule has 0 aliphatic heterocycles. The summed E-state index contributed by atoms with van der Waals surface area (Å²) in [5.41, 5.74) is 3.17. The van der Waals surface area contributed by atoms with Crippen molar-refractivity contribution in [3.63, 3.8) is 0 Å². The van der Waals surface area contributed by atoms with Crippen LogP contribution in [0.4, 0.5) is 0 Å². The highest BCUT2D eigenvalue weighted by Gasteiger charge is 2.22. The van der Waals surface area contributed by atoms with E-state index in [0.29, 0.717) is 6.54 Å². The molecule has 4 nitrogen and oxygen atoms in total. The Labute approximate surface area is 171 Å². The van der Waals surface area contributed by atoms with E-state index in [1.807, 2.05) is 18.7 Å². The molecule has 148 valence electrons. The molecule has 1 aromatic heterocycles. The molecule has 1 amide bonds. The van der Waals surface area contributed by atoms with Crippen LogP contribution in [0.1, 0.15) is 34.8 Å². The second-order valence-corrected chi connectivity index (χ2v) is 8.19. The van der Waals surface area contributed by atoms with Crippen molar-refractivity contribution in [2.24, 2.45) is 0 Å². The molecule has 5 heteroatoms. The summed E-state index contributed by atoms with van der Waals surface area (Å²) in [5.74, 6) is 0.0877. The highest BCUT2D eigenvalue weighted by atomic mass is 32.1. The summed E-state index contributed by atoms with van der Waals surface area (Å²) in [6.45, 7) is 11.5. The monoisotopic (exact) mass is 395 g/mol. The zero-order valence-electron chi connectivity index (χ0n) is 17.5. The lowest BCUT2D eigenvalue weighted by molar-refractivity contribution is 0.0755. The summed E-state index contributed by atoms with van der Waals surface area (Å²) < 4.78 is 0. The molecule has 0 aliphatic carbocycles. The average Bonchev–Trinajstić information content (AvgIpc) is 3.09. The van der Waals surface area contributed by atoms with Crippen molar-refractivity contribution in [1.82, 2.24) is 14.8 Å². The van der Waals surface area contributed by atoms with Gasteiger partial charge >= 0.3 is 0 Å². The number of hydrogen-bond donors (Lipinski definition) is 0. The van der Waals surface area contributed by atoms with Gasteiger partial charge in [-0.1, -0.05) is 43.3 Å². The Kier molecular flexibility index (Phi) is 6.47. The average molecular weight is 396 g/mol. The van der Waals surface area contributed by atoms with Gasteiger partial charge in [-0.25, -0.2) is 4.98 Å². The lowest BCUT2D eigenvalue weighted by Gasteiger charge is -2.23. The van der Waals surface area contributed by atoms with Gasteiger partial charge in [-0.2, -0.15) is 0 Å². The van der Waals surface area contributed by atoms with Gasteiger partial charge in [0.2, 0.25) is 0 Å². The topological polar surface area (TPSA) is 36.4 Å². The maximum atomic E-state index is 13.1. The predicted octanol–water partition coefficient (Wildman–Crippen LogP) is 4.99. The van der Waals surface area contributed by atoms with Crippen molar-refractivity contribution in [2.75, 3.05) is 33.2 Å². The van der Waals surface area contributed by atoms with Crippen LogP contribution in [0.2, 0.25) is 0 Å². The fourth-order valence-electron chi connectivity index (χ4n) is 3.34. The van der Waals surface area contributed by atoms with E-state index in [-0.39, 0.29) is 5.91 Å². The van der Waals surface area contributed by atoms with E-state index in [9.17, 15) is 4.79 Å². The standard InChI is InChI=1S/C23H29N3OS/c1-6-25(5)14-15-26(7-2)23(27)21-17(4)24-22(28-21)20-13-12-16(3)18-10-8-9-11-19(18)20/h8-13H,6-7,14-15H2,1-5H3. The second-order valence-electron chi connectivity index (χ2n) is 7.19. The van der Waals surface area contributed by atoms with Crippen molar-refractivity contribution in [3.8, 4) is 10.6 Å². The number of likely N-dealkylation sites (N-methyl/N-ethyl adjacent to an activating group) is 2. The molecule has 0 bridgehead atoms. The summed E-state index contributed by atoms with van der Waals surface area (Å²) in [7, 11) is 2.08. The highest BCUT2D eigenvalue weighted by molar-refractivity contribution is 7.17. The number of thiazole rings is 1. The second kappa shape index (κ2) is 8.84. The number of amides is 1. The zero-order valence-corrected chi connectivity index (χ0v) is 18.3. The highest BCUT2D eigenvalue weighted by Crippen LogP contribution is 2.34. The largest absolute Gasteiger partial charge is 0.337 e. The first kappa shape index (κ1) is 20.5. The smallest absolute Gasteiger partial charge is 0.265 e. The van der Waals surface area contributed by atoms with E-state index in [2.05, 4.69) is 62.2 Å². The summed E-state index contributed by atoms with van der Waals surface area (Å²) in [6.07, 6.45) is 0. The van der Waals surface area contributed by atoms with Gasteiger partial charge in [-0.05, 0) is 50.7 Å². The third kappa shape index (κ3) is 4.10. The van der Waals surface area contributed by atoms with Crippen molar-refractivity contribution in [3.05, 3.63) is 52.5 Å². The van der Waals surface area contributed by atoms with Crippen LogP contribution in [-0.4, -0.2) is 53.9 Å². The van der Waals surface area contributed by atoms with Crippen LogP contribution < -0.4 is 0 Å². The number of fused-ring (bicyclic) bond motifs is 1. The van der Waals surface area contributed by atoms with Gasteiger partial charge in [0.15, 0.2) is 0 Å². The number of aromatic nitrogens is 1. The van der Waals surface area contributed by atoms with E-state index >= 15 is 0 Å². The lowest BCUT2D eigenvalue weighted by Crippen LogP contribution is -2.37. The van der Waals surface area contributed by atoms with Crippen LogP contribution in [0.25, 0.3) is 21.3 Å². The molecule has 3 rings (SSSR count). The maximum absolute atomic E-state index is 13.1. The Morgan fingerprint density at radius 1 is 1.00 bits per heavy atom. The minimum absolute atomic E-state index is 0.0877. The Bertz CT molecular complexity index is 979. The molecular formula is C23H29N3OS. The third-order valence-corrected chi connectivity index (χ3v) is 6.50. The maximum Gasteiger partial charge on any atom is 0.265 e. The first-order valence-corrected chi connectivity index (χ1v) is 10.7. The van der Waals surface area contributed by atoms with Crippen LogP contribution in [0.15, 0.2) is 36.4 Å². The van der Waals surface area contributed by atoms with Crippen molar-refractivity contribution < 1.29 is 4.79 Å². The number of rotatable bonds is 7. The molecule has 0 fully saturated rings. The summed E-state index contributed by atoms with van der Waals surface area (Å²) >= 11 is 1.51. The molecular weight excluding hydrogens is 366 g/mol. The Morgan fingerprint density at radius 2 is 1.71 bits per heavy atom. The van der Waals surface area contributed by atoms with E-state index in [0.717, 1.165) is 40.8 Å². The number of aryl methyl sites for hydroxylation is 2. The molecule has 0 unspecified atom stereocenters. The first-order valence-electron chi connectivity index (χ1n) is 9.90. The van der Waals surface area contributed by atoms with Gasteiger partial charge in [0.25, 0.3) is 5.91 Å². The van der Waals surface area contributed by atoms with Gasteiger partial charge in [0.1, 0.15) is 9.88 Å². The van der Waals surface area contributed by atoms with Crippen LogP contribution in [-0.2, 0) is 0 Å². The SMILES string of the molecule is CCN(C)CCN(CC)C(=O)c1sc(-c2ccc(C)c3ccccc23)nc1C. The molecule has 0 saturated heterocycles. The van der Waals surface area contributed by atoms with Gasteiger partial charge in [-0.3, -0.25) is 4.79 Å². The van der Waals surface area contributed by atoms with E-state index in [1.165, 1.54) is 27.7 Å². The summed E-state index contributed by atoms with van der Waals surface area (Å²) in [5, 5.41) is 3.34. The third-order valence-electron chi connectivity index (χ3n) is 5.32. The predicted molar refractivity (Wildman–Crippen MR) is 119 cm³/mol. The normalized spacial score (nSPS) is 11.4. The quantitative estimate of drug-likeness (QED) is 0.565. The van der Waals surface area contributed by atoms with Gasteiger partial charge in [-0.15, -0.1) is 11.3 Å². The molecule has 0 radical (unpaired) electrons. The van der Waals surface area contributed by atoms with E-state index in [1.54, 1.807) is 0 Å². The van der Waals surface area contributed by atoms with Crippen LogP contribution in [0, 0.1) is 13.8 Å². The molecule has 2 aromatic carbocycles. The molecule has 0 aliphatic rings. The van der Waals surface area contributed by atoms with Crippen molar-refractivity contribution >= 4 is 28.0 Å². The number of carbonyl (C=O) groups is 1. The van der Waals surface area contributed by atoms with Gasteiger partial charge in [0, 0.05) is 25.2 Å². The number of nitrogens with zero attached hydrogens (tertiary/aromatic N) is 3. The minimum atomic E-state index is 0.0877. The molecule has 28 heavy (non-hydrogen) atoms. The van der Waals surface area contributed by atoms with Gasteiger partial charge < -0.3 is 9.80 Å². The number of carbonyl (C=O) groups excluding carboxylic acids is 1. The molecule has 0 atom stereocenters. The summed E-state index contributed by atoms with van der Waals surface area (Å²) in [6, 6.07) is 12.7. The fourth-order valence-corrected chi connectivity index (χ4v) is 4.42. The summed E-state index contributed by atoms with van der Waals surface area (Å²) in [4.78, 5) is 22.8. The molecule has 1 heterocycles. The number of benzene rings is 2. The number of hydrogen-bond acceptors (Lipinski definition) is 4. The molecule has 0 spiro atoms. The first-order chi connectivity index (χ1) is 13.5. The molecule has 3 aromatic rings.